The topological polar surface area (TPSA) is 213 Å². The van der Waals surface area contributed by atoms with Crippen LogP contribution >= 0.6 is 0 Å². The first kappa shape index (κ1) is 20.5. The van der Waals surface area contributed by atoms with Crippen LogP contribution in [0.4, 0.5) is 6.01 Å². The van der Waals surface area contributed by atoms with Gasteiger partial charge in [-0.2, -0.15) is 10.2 Å². The lowest BCUT2D eigenvalue weighted by molar-refractivity contribution is 0.493. The van der Waals surface area contributed by atoms with Gasteiger partial charge in [-0.05, 0) is 22.9 Å². The smallest absolute Gasteiger partial charge is 0.293 e. The predicted octanol–water partition coefficient (Wildman–Crippen LogP) is -0.350. The van der Waals surface area contributed by atoms with E-state index in [0.29, 0.717) is 11.1 Å². The molecule has 0 amide bonds. The normalized spacial score (nSPS) is 15.2. The molecule has 2 aromatic heterocycles. The second kappa shape index (κ2) is 7.06. The summed E-state index contributed by atoms with van der Waals surface area (Å²) in [5.41, 5.74) is 6.90. The number of hydrogen-bond donors (Lipinski definition) is 4. The van der Waals surface area contributed by atoms with Crippen molar-refractivity contribution in [1.82, 2.24) is 30.9 Å². The SMILES string of the molecule is Nc1nc2cccc(-c3ccc(S(=O)(=O)C4CNC4)c(S(N)(=O)=O)c3-c3nn[nH]n3)c2o1. The van der Waals surface area contributed by atoms with Crippen molar-refractivity contribution in [2.75, 3.05) is 18.8 Å². The number of H-pyrrole nitrogens is 1. The van der Waals surface area contributed by atoms with E-state index in [1.807, 2.05) is 0 Å². The second-order valence-electron chi connectivity index (χ2n) is 7.13. The van der Waals surface area contributed by atoms with E-state index in [1.54, 1.807) is 18.2 Å². The van der Waals surface area contributed by atoms with Crippen LogP contribution in [0.15, 0.2) is 44.5 Å². The molecule has 4 aromatic rings. The summed E-state index contributed by atoms with van der Waals surface area (Å²) in [7, 11) is -8.59. The summed E-state index contributed by atoms with van der Waals surface area (Å²) < 4.78 is 57.4. The molecule has 13 nitrogen and oxygen atoms in total. The van der Waals surface area contributed by atoms with Crippen LogP contribution in [0, 0.1) is 0 Å². The highest BCUT2D eigenvalue weighted by atomic mass is 32.2. The van der Waals surface area contributed by atoms with E-state index >= 15 is 0 Å². The van der Waals surface area contributed by atoms with Crippen LogP contribution in [0.1, 0.15) is 0 Å². The second-order valence-corrected chi connectivity index (χ2v) is 10.8. The summed E-state index contributed by atoms with van der Waals surface area (Å²) in [6.45, 7) is 0.394. The van der Waals surface area contributed by atoms with Crippen molar-refractivity contribution in [3.63, 3.8) is 0 Å². The molecule has 1 aliphatic rings. The molecule has 15 heteroatoms. The van der Waals surface area contributed by atoms with E-state index in [4.69, 9.17) is 15.3 Å². The molecule has 1 saturated heterocycles. The number of para-hydroxylation sites is 1. The Kier molecular flexibility index (Phi) is 4.52. The Balaban J connectivity index is 1.91. The van der Waals surface area contributed by atoms with Gasteiger partial charge in [0.25, 0.3) is 6.01 Å². The third-order valence-corrected chi connectivity index (χ3v) is 8.47. The number of tetrazole rings is 1. The first-order chi connectivity index (χ1) is 15.2. The summed E-state index contributed by atoms with van der Waals surface area (Å²) in [5.74, 6) is -0.155. The lowest BCUT2D eigenvalue weighted by Crippen LogP contribution is -2.51. The number of primary sulfonamides is 1. The molecule has 0 radical (unpaired) electrons. The fourth-order valence-corrected chi connectivity index (χ4v) is 6.81. The minimum absolute atomic E-state index is 0.0862. The highest BCUT2D eigenvalue weighted by Gasteiger charge is 2.39. The van der Waals surface area contributed by atoms with Gasteiger partial charge in [0.2, 0.25) is 15.8 Å². The first-order valence-electron chi connectivity index (χ1n) is 9.21. The van der Waals surface area contributed by atoms with Crippen LogP contribution in [-0.4, -0.2) is 60.8 Å². The number of rotatable bonds is 5. The van der Waals surface area contributed by atoms with Crippen LogP contribution in [0.5, 0.6) is 0 Å². The van der Waals surface area contributed by atoms with Gasteiger partial charge in [-0.15, -0.1) is 10.2 Å². The largest absolute Gasteiger partial charge is 0.423 e. The van der Waals surface area contributed by atoms with Crippen LogP contribution in [0.25, 0.3) is 33.6 Å². The number of sulfone groups is 1. The monoisotopic (exact) mass is 476 g/mol. The number of aromatic amines is 1. The number of benzene rings is 2. The molecule has 0 aliphatic carbocycles. The summed E-state index contributed by atoms with van der Waals surface area (Å²) in [6.07, 6.45) is 0. The van der Waals surface area contributed by atoms with E-state index in [9.17, 15) is 16.8 Å². The Morgan fingerprint density at radius 1 is 1.06 bits per heavy atom. The van der Waals surface area contributed by atoms with Crippen LogP contribution in [0.2, 0.25) is 0 Å². The molecule has 5 rings (SSSR count). The fraction of sp³-hybridized carbons (Fsp3) is 0.176. The van der Waals surface area contributed by atoms with Crippen LogP contribution in [-0.2, 0) is 19.9 Å². The van der Waals surface area contributed by atoms with E-state index in [-0.39, 0.29) is 41.6 Å². The van der Waals surface area contributed by atoms with E-state index in [1.165, 1.54) is 12.1 Å². The number of sulfonamides is 1. The predicted molar refractivity (Wildman–Crippen MR) is 112 cm³/mol. The zero-order chi connectivity index (χ0) is 22.7. The van der Waals surface area contributed by atoms with Crippen molar-refractivity contribution in [1.29, 1.82) is 0 Å². The summed E-state index contributed by atoms with van der Waals surface area (Å²) in [5, 5.41) is 21.1. The molecule has 0 saturated carbocycles. The molecule has 0 bridgehead atoms. The molecule has 0 atom stereocenters. The summed E-state index contributed by atoms with van der Waals surface area (Å²) in [4.78, 5) is 3.03. The third-order valence-electron chi connectivity index (χ3n) is 5.19. The highest BCUT2D eigenvalue weighted by molar-refractivity contribution is 7.94. The maximum atomic E-state index is 13.2. The van der Waals surface area contributed by atoms with Crippen molar-refractivity contribution < 1.29 is 21.3 Å². The molecule has 3 heterocycles. The molecular weight excluding hydrogens is 460 g/mol. The van der Waals surface area contributed by atoms with E-state index in [2.05, 4.69) is 30.9 Å². The lowest BCUT2D eigenvalue weighted by atomic mass is 9.98. The van der Waals surface area contributed by atoms with Gasteiger partial charge in [-0.25, -0.2) is 22.0 Å². The minimum Gasteiger partial charge on any atom is -0.423 e. The number of anilines is 1. The van der Waals surface area contributed by atoms with Crippen molar-refractivity contribution in [3.8, 4) is 22.5 Å². The average molecular weight is 477 g/mol. The van der Waals surface area contributed by atoms with Crippen molar-refractivity contribution >= 4 is 37.0 Å². The number of nitrogen functional groups attached to an aromatic ring is 1. The number of fused-ring (bicyclic) bond motifs is 1. The van der Waals surface area contributed by atoms with Gasteiger partial charge < -0.3 is 15.5 Å². The quantitative estimate of drug-likeness (QED) is 0.292. The lowest BCUT2D eigenvalue weighted by Gasteiger charge is -2.28. The number of aromatic nitrogens is 5. The Morgan fingerprint density at radius 2 is 1.84 bits per heavy atom. The summed E-state index contributed by atoms with van der Waals surface area (Å²) >= 11 is 0. The van der Waals surface area contributed by atoms with Gasteiger partial charge in [-0.1, -0.05) is 18.2 Å². The molecule has 6 N–H and O–H groups in total. The van der Waals surface area contributed by atoms with Gasteiger partial charge in [0, 0.05) is 18.7 Å². The Morgan fingerprint density at radius 3 is 2.47 bits per heavy atom. The molecule has 1 fully saturated rings. The van der Waals surface area contributed by atoms with Gasteiger partial charge >= 0.3 is 0 Å². The van der Waals surface area contributed by atoms with E-state index in [0.717, 1.165) is 0 Å². The zero-order valence-electron chi connectivity index (χ0n) is 16.2. The number of hydrogen-bond acceptors (Lipinski definition) is 11. The highest BCUT2D eigenvalue weighted by Crippen LogP contribution is 2.42. The standard InChI is InChI=1S/C17H16N8O5S2/c18-17-21-11-3-1-2-10(14(11)30-17)9-4-5-12(31(26,27)8-6-20-7-8)15(32(19,28)29)13(9)16-22-24-25-23-16/h1-5,8,20H,6-7H2,(H2,18,21)(H2,19,28,29)(H,22,23,24,25). The fourth-order valence-electron chi connectivity index (χ4n) is 3.62. The Hall–Kier alpha value is -3.40. The minimum atomic E-state index is -4.56. The average Bonchev–Trinajstić information content (AvgIpc) is 3.32. The Bertz CT molecular complexity index is 1560. The Labute approximate surface area is 181 Å². The molecule has 0 unspecified atom stereocenters. The molecule has 1 aliphatic heterocycles. The maximum absolute atomic E-state index is 13.2. The third kappa shape index (κ3) is 3.13. The molecule has 0 spiro atoms. The summed E-state index contributed by atoms with van der Waals surface area (Å²) in [6, 6.07) is 7.55. The number of nitrogens with one attached hydrogen (secondary N) is 2. The van der Waals surface area contributed by atoms with Crippen molar-refractivity contribution in [2.45, 2.75) is 15.0 Å². The van der Waals surface area contributed by atoms with Gasteiger partial charge in [0.1, 0.15) is 10.4 Å². The van der Waals surface area contributed by atoms with Crippen LogP contribution in [0.3, 0.4) is 0 Å². The van der Waals surface area contributed by atoms with E-state index < -0.39 is 34.9 Å². The molecular formula is C17H16N8O5S2. The number of oxazole rings is 1. The van der Waals surface area contributed by atoms with Gasteiger partial charge in [0.15, 0.2) is 15.4 Å². The molecule has 2 aromatic carbocycles. The maximum Gasteiger partial charge on any atom is 0.293 e. The van der Waals surface area contributed by atoms with Crippen molar-refractivity contribution in [3.05, 3.63) is 30.3 Å². The zero-order valence-corrected chi connectivity index (χ0v) is 17.8. The number of nitrogens with zero attached hydrogens (tertiary/aromatic N) is 4. The van der Waals surface area contributed by atoms with Crippen molar-refractivity contribution in [2.24, 2.45) is 5.14 Å². The number of nitrogens with two attached hydrogens (primary N) is 2. The molecule has 166 valence electrons. The van der Waals surface area contributed by atoms with Crippen LogP contribution < -0.4 is 16.2 Å². The molecule has 32 heavy (non-hydrogen) atoms. The first-order valence-corrected chi connectivity index (χ1v) is 12.3. The van der Waals surface area contributed by atoms with Gasteiger partial charge in [-0.3, -0.25) is 0 Å². The van der Waals surface area contributed by atoms with Gasteiger partial charge in [0.05, 0.1) is 15.7 Å².